The van der Waals surface area contributed by atoms with Crippen molar-refractivity contribution < 1.29 is 22.3 Å². The Hall–Kier alpha value is -3.07. The average molecular weight is 397 g/mol. The van der Waals surface area contributed by atoms with E-state index in [1.54, 1.807) is 16.8 Å². The minimum atomic E-state index is -4.76. The van der Waals surface area contributed by atoms with E-state index in [4.69, 9.17) is 11.6 Å². The topological polar surface area (TPSA) is 51.5 Å². The van der Waals surface area contributed by atoms with Gasteiger partial charge in [-0.2, -0.15) is 0 Å². The Balaban J connectivity index is 1.73. The molecule has 0 saturated heterocycles. The zero-order valence-corrected chi connectivity index (χ0v) is 14.0. The summed E-state index contributed by atoms with van der Waals surface area (Å²) < 4.78 is 56.0. The number of halogens is 5. The molecule has 0 unspecified atom stereocenters. The Labute approximate surface area is 154 Å². The fraction of sp³-hybridized carbons (Fsp3) is 0.0588. The molecule has 0 aliphatic heterocycles. The lowest BCUT2D eigenvalue weighted by molar-refractivity contribution is -0.274. The second-order valence-corrected chi connectivity index (χ2v) is 5.94. The maximum absolute atomic E-state index is 13.8. The Morgan fingerprint density at radius 3 is 2.56 bits per heavy atom. The van der Waals surface area contributed by atoms with E-state index >= 15 is 0 Å². The zero-order chi connectivity index (χ0) is 19.2. The first-order valence-electron chi connectivity index (χ1n) is 7.55. The van der Waals surface area contributed by atoms with Crippen LogP contribution in [0.15, 0.2) is 48.8 Å². The van der Waals surface area contributed by atoms with Gasteiger partial charge >= 0.3 is 6.36 Å². The van der Waals surface area contributed by atoms with Gasteiger partial charge in [-0.15, -0.1) is 13.2 Å². The first kappa shape index (κ1) is 17.3. The summed E-state index contributed by atoms with van der Waals surface area (Å²) in [6.07, 6.45) is -1.56. The molecule has 0 aliphatic carbocycles. The van der Waals surface area contributed by atoms with Gasteiger partial charge < -0.3 is 10.1 Å². The highest BCUT2D eigenvalue weighted by atomic mass is 35.5. The zero-order valence-electron chi connectivity index (χ0n) is 13.3. The third kappa shape index (κ3) is 3.45. The predicted octanol–water partition coefficient (Wildman–Crippen LogP) is 5.32. The van der Waals surface area contributed by atoms with Gasteiger partial charge in [0.1, 0.15) is 11.6 Å². The molecule has 0 radical (unpaired) electrons. The van der Waals surface area contributed by atoms with Gasteiger partial charge in [0, 0.05) is 24.1 Å². The Morgan fingerprint density at radius 2 is 1.85 bits per heavy atom. The molecule has 4 aromatic rings. The van der Waals surface area contributed by atoms with Gasteiger partial charge in [-0.1, -0.05) is 11.6 Å². The lowest BCUT2D eigenvalue weighted by Gasteiger charge is -2.12. The Morgan fingerprint density at radius 1 is 1.11 bits per heavy atom. The number of hydrogen-bond donors (Lipinski definition) is 1. The van der Waals surface area contributed by atoms with Crippen molar-refractivity contribution in [3.63, 3.8) is 0 Å². The lowest BCUT2D eigenvalue weighted by Crippen LogP contribution is -2.17. The fourth-order valence-corrected chi connectivity index (χ4v) is 2.77. The van der Waals surface area contributed by atoms with Crippen molar-refractivity contribution in [2.75, 3.05) is 5.32 Å². The van der Waals surface area contributed by atoms with Crippen LogP contribution in [-0.2, 0) is 0 Å². The van der Waals surface area contributed by atoms with Crippen LogP contribution in [0, 0.1) is 5.82 Å². The van der Waals surface area contributed by atoms with E-state index in [1.165, 1.54) is 36.4 Å². The maximum Gasteiger partial charge on any atom is 0.573 e. The van der Waals surface area contributed by atoms with Gasteiger partial charge in [-0.05, 0) is 30.3 Å². The fourth-order valence-electron chi connectivity index (χ4n) is 2.61. The Bertz CT molecular complexity index is 1140. The molecule has 10 heteroatoms. The third-order valence-electron chi connectivity index (χ3n) is 3.71. The molecule has 2 aromatic heterocycles. The molecule has 5 nitrogen and oxygen atoms in total. The molecule has 0 bridgehead atoms. The molecular weight excluding hydrogens is 388 g/mol. The van der Waals surface area contributed by atoms with Crippen molar-refractivity contribution in [1.29, 1.82) is 0 Å². The second kappa shape index (κ2) is 6.27. The molecule has 2 aromatic carbocycles. The van der Waals surface area contributed by atoms with E-state index in [0.717, 1.165) is 0 Å². The lowest BCUT2D eigenvalue weighted by atomic mass is 10.2. The number of nitrogens with zero attached hydrogens (tertiary/aromatic N) is 3. The van der Waals surface area contributed by atoms with Crippen LogP contribution in [0.2, 0.25) is 5.02 Å². The smallest absolute Gasteiger partial charge is 0.406 e. The SMILES string of the molecule is Fc1cc2nc(Nc3ccc(OC(F)(F)F)cc3)c3nccn3c2cc1Cl. The van der Waals surface area contributed by atoms with Crippen molar-refractivity contribution in [3.8, 4) is 5.75 Å². The van der Waals surface area contributed by atoms with Crippen LogP contribution in [0.3, 0.4) is 0 Å². The van der Waals surface area contributed by atoms with Crippen LogP contribution in [-0.4, -0.2) is 20.7 Å². The summed E-state index contributed by atoms with van der Waals surface area (Å²) in [6.45, 7) is 0. The molecule has 0 atom stereocenters. The highest BCUT2D eigenvalue weighted by Crippen LogP contribution is 2.29. The first-order chi connectivity index (χ1) is 12.8. The van der Waals surface area contributed by atoms with Crippen molar-refractivity contribution >= 4 is 39.8 Å². The summed E-state index contributed by atoms with van der Waals surface area (Å²) in [4.78, 5) is 8.56. The van der Waals surface area contributed by atoms with Gasteiger partial charge in [0.25, 0.3) is 0 Å². The standard InChI is InChI=1S/C17H9ClF4N4O/c18-11-7-14-13(8-12(11)19)25-15(16-23-5-6-26(14)16)24-9-1-3-10(4-2-9)27-17(20,21)22/h1-8H,(H,24,25). The summed E-state index contributed by atoms with van der Waals surface area (Å²) in [7, 11) is 0. The van der Waals surface area contributed by atoms with E-state index in [0.29, 0.717) is 28.2 Å². The monoisotopic (exact) mass is 396 g/mol. The van der Waals surface area contributed by atoms with Crippen molar-refractivity contribution in [2.45, 2.75) is 6.36 Å². The van der Waals surface area contributed by atoms with E-state index in [-0.39, 0.29) is 10.8 Å². The molecule has 0 amide bonds. The van der Waals surface area contributed by atoms with Crippen LogP contribution in [0.4, 0.5) is 29.1 Å². The predicted molar refractivity (Wildman–Crippen MR) is 91.9 cm³/mol. The molecule has 27 heavy (non-hydrogen) atoms. The van der Waals surface area contributed by atoms with Crippen LogP contribution in [0.5, 0.6) is 5.75 Å². The van der Waals surface area contributed by atoms with Gasteiger partial charge in [-0.3, -0.25) is 4.40 Å². The van der Waals surface area contributed by atoms with Crippen LogP contribution >= 0.6 is 11.6 Å². The van der Waals surface area contributed by atoms with E-state index in [9.17, 15) is 17.6 Å². The summed E-state index contributed by atoms with van der Waals surface area (Å²) in [5.41, 5.74) is 1.80. The largest absolute Gasteiger partial charge is 0.573 e. The second-order valence-electron chi connectivity index (χ2n) is 5.53. The Kier molecular flexibility index (Phi) is 4.03. The van der Waals surface area contributed by atoms with Crippen LogP contribution in [0.25, 0.3) is 16.7 Å². The molecule has 0 aliphatic rings. The summed E-state index contributed by atoms with van der Waals surface area (Å²) in [6, 6.07) is 7.77. The molecule has 0 fully saturated rings. The number of fused-ring (bicyclic) bond motifs is 3. The molecular formula is C17H9ClF4N4O. The van der Waals surface area contributed by atoms with Crippen molar-refractivity contribution in [2.24, 2.45) is 0 Å². The molecule has 4 rings (SSSR count). The minimum absolute atomic E-state index is 0.0414. The number of hydrogen-bond acceptors (Lipinski definition) is 4. The maximum atomic E-state index is 13.8. The number of nitrogens with one attached hydrogen (secondary N) is 1. The van der Waals surface area contributed by atoms with Crippen molar-refractivity contribution in [1.82, 2.24) is 14.4 Å². The van der Waals surface area contributed by atoms with Gasteiger partial charge in [0.15, 0.2) is 11.5 Å². The number of rotatable bonds is 3. The van der Waals surface area contributed by atoms with Gasteiger partial charge in [0.2, 0.25) is 0 Å². The normalized spacial score (nSPS) is 11.9. The third-order valence-corrected chi connectivity index (χ3v) is 4.00. The molecule has 138 valence electrons. The number of aromatic nitrogens is 3. The number of benzene rings is 2. The van der Waals surface area contributed by atoms with E-state index in [1.807, 2.05) is 0 Å². The molecule has 2 heterocycles. The average Bonchev–Trinajstić information content (AvgIpc) is 3.07. The summed E-state index contributed by atoms with van der Waals surface area (Å²) in [5, 5.41) is 2.92. The number of alkyl halides is 3. The summed E-state index contributed by atoms with van der Waals surface area (Å²) >= 11 is 5.84. The molecule has 0 spiro atoms. The quantitative estimate of drug-likeness (QED) is 0.476. The number of ether oxygens (including phenoxy) is 1. The molecule has 1 N–H and O–H groups in total. The van der Waals surface area contributed by atoms with E-state index < -0.39 is 12.2 Å². The van der Waals surface area contributed by atoms with Crippen molar-refractivity contribution in [3.05, 3.63) is 59.6 Å². The minimum Gasteiger partial charge on any atom is -0.406 e. The van der Waals surface area contributed by atoms with Crippen LogP contribution < -0.4 is 10.1 Å². The molecule has 0 saturated carbocycles. The van der Waals surface area contributed by atoms with Gasteiger partial charge in [-0.25, -0.2) is 14.4 Å². The van der Waals surface area contributed by atoms with Gasteiger partial charge in [0.05, 0.1) is 16.1 Å². The van der Waals surface area contributed by atoms with E-state index in [2.05, 4.69) is 20.0 Å². The highest BCUT2D eigenvalue weighted by molar-refractivity contribution is 6.31. The highest BCUT2D eigenvalue weighted by Gasteiger charge is 2.30. The first-order valence-corrected chi connectivity index (χ1v) is 7.92. The van der Waals surface area contributed by atoms with Crippen LogP contribution in [0.1, 0.15) is 0 Å². The summed E-state index contributed by atoms with van der Waals surface area (Å²) in [5.74, 6) is -0.656. The number of anilines is 2. The number of imidazole rings is 1.